The summed E-state index contributed by atoms with van der Waals surface area (Å²) >= 11 is 0. The highest BCUT2D eigenvalue weighted by atomic mass is 19.1. The number of hydrogen-bond donors (Lipinski definition) is 0. The van der Waals surface area contributed by atoms with Gasteiger partial charge >= 0.3 is 0 Å². The molecule has 2 saturated carbocycles. The second-order valence-corrected chi connectivity index (χ2v) is 8.31. The Hall–Kier alpha value is -1.62. The van der Waals surface area contributed by atoms with Crippen LogP contribution in [0.5, 0.6) is 0 Å². The zero-order valence-electron chi connectivity index (χ0n) is 15.9. The molecule has 140 valence electrons. The van der Waals surface area contributed by atoms with Crippen molar-refractivity contribution in [2.45, 2.75) is 70.1 Å². The molecule has 1 nitrogen and oxygen atoms in total. The van der Waals surface area contributed by atoms with Crippen molar-refractivity contribution < 1.29 is 4.39 Å². The molecule has 0 N–H and O–H groups in total. The molecule has 0 aromatic heterocycles. The van der Waals surface area contributed by atoms with E-state index in [-0.39, 0.29) is 6.67 Å². The minimum Gasteiger partial charge on any atom is -0.251 e. The van der Waals surface area contributed by atoms with Gasteiger partial charge < -0.3 is 0 Å². The Morgan fingerprint density at radius 3 is 2.08 bits per heavy atom. The van der Waals surface area contributed by atoms with Crippen LogP contribution in [-0.2, 0) is 0 Å². The summed E-state index contributed by atoms with van der Waals surface area (Å²) in [5.41, 5.74) is 2.19. The summed E-state index contributed by atoms with van der Waals surface area (Å²) < 4.78 is 12.1. The van der Waals surface area contributed by atoms with Crippen LogP contribution in [0.2, 0.25) is 0 Å². The number of benzene rings is 1. The van der Waals surface area contributed by atoms with E-state index >= 15 is 0 Å². The van der Waals surface area contributed by atoms with Gasteiger partial charge in [-0.05, 0) is 106 Å². The predicted molar refractivity (Wildman–Crippen MR) is 106 cm³/mol. The monoisotopic (exact) mass is 353 g/mol. The molecule has 2 aliphatic carbocycles. The van der Waals surface area contributed by atoms with Gasteiger partial charge in [0.25, 0.3) is 0 Å². The lowest BCUT2D eigenvalue weighted by Gasteiger charge is -2.38. The van der Waals surface area contributed by atoms with Gasteiger partial charge in [-0.2, -0.15) is 5.26 Å². The van der Waals surface area contributed by atoms with Crippen LogP contribution in [0.15, 0.2) is 36.4 Å². The van der Waals surface area contributed by atoms with Gasteiger partial charge in [-0.25, -0.2) is 0 Å². The summed E-state index contributed by atoms with van der Waals surface area (Å²) in [5, 5.41) is 8.94. The Balaban J connectivity index is 1.41. The zero-order valence-corrected chi connectivity index (χ0v) is 15.9. The molecule has 0 heterocycles. The fraction of sp³-hybridized carbons (Fsp3) is 0.625. The van der Waals surface area contributed by atoms with Gasteiger partial charge in [0.05, 0.1) is 18.3 Å². The smallest absolute Gasteiger partial charge is 0.0991 e. The van der Waals surface area contributed by atoms with Crippen LogP contribution >= 0.6 is 0 Å². The summed E-state index contributed by atoms with van der Waals surface area (Å²) in [6.07, 6.45) is 16.8. The average Bonchev–Trinajstić information content (AvgIpc) is 2.72. The summed E-state index contributed by atoms with van der Waals surface area (Å²) in [7, 11) is 0. The molecule has 1 aromatic carbocycles. The van der Waals surface area contributed by atoms with E-state index < -0.39 is 0 Å². The number of allylic oxidation sites excluding steroid dienone is 2. The highest BCUT2D eigenvalue weighted by Crippen LogP contribution is 2.44. The maximum absolute atomic E-state index is 12.1. The highest BCUT2D eigenvalue weighted by Gasteiger charge is 2.30. The molecule has 2 aliphatic rings. The third kappa shape index (κ3) is 5.19. The van der Waals surface area contributed by atoms with E-state index in [4.69, 9.17) is 5.26 Å². The van der Waals surface area contributed by atoms with Crippen molar-refractivity contribution >= 4 is 0 Å². The maximum atomic E-state index is 12.1. The molecule has 0 radical (unpaired) electrons. The molecule has 0 saturated heterocycles. The Morgan fingerprint density at radius 1 is 0.885 bits per heavy atom. The Bertz CT molecular complexity index is 596. The van der Waals surface area contributed by atoms with Gasteiger partial charge in [-0.3, -0.25) is 4.39 Å². The lowest BCUT2D eigenvalue weighted by Crippen LogP contribution is -2.25. The molecule has 0 bridgehead atoms. The largest absolute Gasteiger partial charge is 0.251 e. The first-order chi connectivity index (χ1) is 12.8. The van der Waals surface area contributed by atoms with Crippen LogP contribution in [0.4, 0.5) is 4.39 Å². The first kappa shape index (κ1) is 19.2. The van der Waals surface area contributed by atoms with E-state index in [2.05, 4.69) is 24.3 Å². The number of nitriles is 1. The fourth-order valence-corrected chi connectivity index (χ4v) is 5.12. The van der Waals surface area contributed by atoms with Crippen molar-refractivity contribution in [1.82, 2.24) is 0 Å². The molecule has 2 fully saturated rings. The Morgan fingerprint density at radius 2 is 1.50 bits per heavy atom. The zero-order chi connectivity index (χ0) is 18.2. The van der Waals surface area contributed by atoms with Gasteiger partial charge in [-0.15, -0.1) is 0 Å². The van der Waals surface area contributed by atoms with Crippen molar-refractivity contribution in [3.63, 3.8) is 0 Å². The van der Waals surface area contributed by atoms with Crippen molar-refractivity contribution in [3.05, 3.63) is 47.5 Å². The van der Waals surface area contributed by atoms with Crippen LogP contribution < -0.4 is 0 Å². The van der Waals surface area contributed by atoms with E-state index in [1.807, 2.05) is 18.2 Å². The SMILES string of the molecule is N#Cc1ccc(C2CCC(C3CCC(C/C=C/CCF)CC3)CC2)cc1. The lowest BCUT2D eigenvalue weighted by molar-refractivity contribution is 0.160. The Labute approximate surface area is 158 Å². The first-order valence-corrected chi connectivity index (χ1v) is 10.5. The van der Waals surface area contributed by atoms with Crippen LogP contribution in [0.1, 0.15) is 81.3 Å². The third-order valence-corrected chi connectivity index (χ3v) is 6.75. The van der Waals surface area contributed by atoms with E-state index in [0.29, 0.717) is 12.3 Å². The maximum Gasteiger partial charge on any atom is 0.0991 e. The number of alkyl halides is 1. The van der Waals surface area contributed by atoms with Gasteiger partial charge in [0.1, 0.15) is 0 Å². The topological polar surface area (TPSA) is 23.8 Å². The predicted octanol–water partition coefficient (Wildman–Crippen LogP) is 6.94. The highest BCUT2D eigenvalue weighted by molar-refractivity contribution is 5.33. The van der Waals surface area contributed by atoms with Crippen LogP contribution in [0.25, 0.3) is 0 Å². The fourth-order valence-electron chi connectivity index (χ4n) is 5.12. The third-order valence-electron chi connectivity index (χ3n) is 6.75. The molecular formula is C24H32FN. The minimum absolute atomic E-state index is 0.228. The second-order valence-electron chi connectivity index (χ2n) is 8.31. The average molecular weight is 354 g/mol. The number of halogens is 1. The molecule has 1 aromatic rings. The molecule has 2 heteroatoms. The van der Waals surface area contributed by atoms with Crippen molar-refractivity contribution in [2.75, 3.05) is 6.67 Å². The van der Waals surface area contributed by atoms with Crippen molar-refractivity contribution in [2.24, 2.45) is 17.8 Å². The molecule has 3 rings (SSSR count). The van der Waals surface area contributed by atoms with Gasteiger partial charge in [0, 0.05) is 0 Å². The van der Waals surface area contributed by atoms with Crippen LogP contribution in [0.3, 0.4) is 0 Å². The van der Waals surface area contributed by atoms with Crippen molar-refractivity contribution in [1.29, 1.82) is 5.26 Å². The molecule has 0 spiro atoms. The standard InChI is InChI=1S/C24H32FN/c25-17-3-1-2-4-19-5-9-21(10-6-19)23-13-15-24(16-14-23)22-11-7-20(18-26)8-12-22/h1-2,7-8,11-12,19,21,23-24H,3-6,9-10,13-17H2/b2-1+. The van der Waals surface area contributed by atoms with Crippen molar-refractivity contribution in [3.8, 4) is 6.07 Å². The van der Waals surface area contributed by atoms with Crippen LogP contribution in [-0.4, -0.2) is 6.67 Å². The first-order valence-electron chi connectivity index (χ1n) is 10.5. The van der Waals surface area contributed by atoms with Gasteiger partial charge in [-0.1, -0.05) is 24.3 Å². The number of nitrogens with zero attached hydrogens (tertiary/aromatic N) is 1. The lowest BCUT2D eigenvalue weighted by atomic mass is 9.68. The van der Waals surface area contributed by atoms with E-state index in [1.165, 1.54) is 56.9 Å². The van der Waals surface area contributed by atoms with Gasteiger partial charge in [0.15, 0.2) is 0 Å². The van der Waals surface area contributed by atoms with Gasteiger partial charge in [0.2, 0.25) is 0 Å². The van der Waals surface area contributed by atoms with E-state index in [0.717, 1.165) is 29.7 Å². The molecule has 0 amide bonds. The van der Waals surface area contributed by atoms with E-state index in [9.17, 15) is 4.39 Å². The molecule has 0 aliphatic heterocycles. The van der Waals surface area contributed by atoms with E-state index in [1.54, 1.807) is 0 Å². The number of hydrogen-bond acceptors (Lipinski definition) is 1. The molecule has 0 atom stereocenters. The summed E-state index contributed by atoms with van der Waals surface area (Å²) in [4.78, 5) is 0. The number of rotatable bonds is 6. The summed E-state index contributed by atoms with van der Waals surface area (Å²) in [6, 6.07) is 10.5. The Kier molecular flexibility index (Phi) is 7.30. The second kappa shape index (κ2) is 9.91. The summed E-state index contributed by atoms with van der Waals surface area (Å²) in [6.45, 7) is -0.228. The minimum atomic E-state index is -0.228. The molecule has 0 unspecified atom stereocenters. The quantitative estimate of drug-likeness (QED) is 0.508. The normalized spacial score (nSPS) is 29.5. The summed E-state index contributed by atoms with van der Waals surface area (Å²) in [5.74, 6) is 3.38. The molecule has 26 heavy (non-hydrogen) atoms. The molecular weight excluding hydrogens is 321 g/mol. The van der Waals surface area contributed by atoms with Crippen LogP contribution in [0, 0.1) is 29.1 Å².